The average Bonchev–Trinajstić information content (AvgIpc) is 3.08. The number of rotatable bonds is 26. The summed E-state index contributed by atoms with van der Waals surface area (Å²) in [4.78, 5) is 0. The summed E-state index contributed by atoms with van der Waals surface area (Å²) in [6, 6.07) is 0. The summed E-state index contributed by atoms with van der Waals surface area (Å²) in [6.45, 7) is 13.0. The molecular weight excluding hydrogens is 629 g/mol. The van der Waals surface area contributed by atoms with Crippen molar-refractivity contribution in [2.75, 3.05) is 102 Å². The number of hydrogen-bond acceptors (Lipinski definition) is 8. The molecule has 282 valence electrons. The van der Waals surface area contributed by atoms with Crippen molar-refractivity contribution < 1.29 is 28.4 Å². The molecule has 0 aromatic heterocycles. The van der Waals surface area contributed by atoms with Crippen LogP contribution < -0.4 is 0 Å². The Balaban J connectivity index is 2.50. The highest BCUT2D eigenvalue weighted by Gasteiger charge is 2.32. The van der Waals surface area contributed by atoms with Crippen LogP contribution in [0.5, 0.6) is 0 Å². The van der Waals surface area contributed by atoms with Gasteiger partial charge in [0, 0.05) is 36.2 Å². The van der Waals surface area contributed by atoms with E-state index in [4.69, 9.17) is 28.4 Å². The van der Waals surface area contributed by atoms with Crippen molar-refractivity contribution in [1.29, 1.82) is 0 Å². The fraction of sp³-hybridized carbons (Fsp3) is 1.00. The van der Waals surface area contributed by atoms with Crippen LogP contribution >= 0.6 is 23.5 Å². The van der Waals surface area contributed by atoms with Crippen LogP contribution in [0, 0.1) is 5.41 Å². The van der Waals surface area contributed by atoms with Gasteiger partial charge in [-0.05, 0) is 12.8 Å². The Bertz CT molecular complexity index is 550. The molecule has 6 nitrogen and oxygen atoms in total. The third-order valence-electron chi connectivity index (χ3n) is 8.78. The van der Waals surface area contributed by atoms with Gasteiger partial charge in [-0.15, -0.1) is 0 Å². The van der Waals surface area contributed by atoms with E-state index in [-0.39, 0.29) is 5.41 Å². The quantitative estimate of drug-likeness (QED) is 0.0824. The van der Waals surface area contributed by atoms with Crippen LogP contribution in [0.2, 0.25) is 0 Å². The van der Waals surface area contributed by atoms with Gasteiger partial charge < -0.3 is 28.4 Å². The molecule has 0 aromatic carbocycles. The molecule has 1 rings (SSSR count). The number of thioether (sulfide) groups is 2. The molecule has 1 aliphatic rings. The van der Waals surface area contributed by atoms with Crippen molar-refractivity contribution in [3.63, 3.8) is 0 Å². The molecule has 0 unspecified atom stereocenters. The molecule has 0 bridgehead atoms. The molecule has 1 fully saturated rings. The molecule has 0 aromatic rings. The summed E-state index contributed by atoms with van der Waals surface area (Å²) in [7, 11) is 0. The lowest BCUT2D eigenvalue weighted by Crippen LogP contribution is -2.42. The maximum Gasteiger partial charge on any atom is 0.0700 e. The third-order valence-corrected chi connectivity index (χ3v) is 10.6. The van der Waals surface area contributed by atoms with E-state index in [1.54, 1.807) is 0 Å². The van der Waals surface area contributed by atoms with Crippen LogP contribution in [-0.2, 0) is 28.4 Å². The van der Waals surface area contributed by atoms with E-state index >= 15 is 0 Å². The van der Waals surface area contributed by atoms with Crippen molar-refractivity contribution in [3.8, 4) is 0 Å². The van der Waals surface area contributed by atoms with Crippen molar-refractivity contribution in [1.82, 2.24) is 0 Å². The Morgan fingerprint density at radius 2 is 0.723 bits per heavy atom. The lowest BCUT2D eigenvalue weighted by atomic mass is 9.92. The van der Waals surface area contributed by atoms with Gasteiger partial charge in [-0.3, -0.25) is 0 Å². The van der Waals surface area contributed by atoms with Crippen LogP contribution in [0.4, 0.5) is 0 Å². The van der Waals surface area contributed by atoms with Crippen molar-refractivity contribution >= 4 is 23.5 Å². The first-order valence-electron chi connectivity index (χ1n) is 19.9. The Morgan fingerprint density at radius 3 is 1.09 bits per heavy atom. The summed E-state index contributed by atoms with van der Waals surface area (Å²) in [5.74, 6) is 3.90. The molecular formula is C39H78O6S2. The first kappa shape index (κ1) is 45.5. The molecule has 0 aliphatic carbocycles. The monoisotopic (exact) mass is 707 g/mol. The predicted octanol–water partition coefficient (Wildman–Crippen LogP) is 10.4. The molecule has 0 spiro atoms. The second-order valence-electron chi connectivity index (χ2n) is 13.5. The Kier molecular flexibility index (Phi) is 36.5. The predicted molar refractivity (Wildman–Crippen MR) is 206 cm³/mol. The van der Waals surface area contributed by atoms with E-state index < -0.39 is 0 Å². The fourth-order valence-corrected chi connectivity index (χ4v) is 7.14. The topological polar surface area (TPSA) is 55.4 Å². The average molecular weight is 707 g/mol. The zero-order valence-corrected chi connectivity index (χ0v) is 32.9. The SMILES string of the molecule is CCCCCCCCCCCCOCC1(COCCCCCCCCCCCC)COCCSCCOCCOCCSCCOC1. The molecule has 0 saturated carbocycles. The molecule has 1 aliphatic heterocycles. The lowest BCUT2D eigenvalue weighted by molar-refractivity contribution is -0.104. The summed E-state index contributed by atoms with van der Waals surface area (Å²) in [5.41, 5.74) is -0.276. The highest BCUT2D eigenvalue weighted by atomic mass is 32.2. The van der Waals surface area contributed by atoms with E-state index in [0.717, 1.165) is 75.5 Å². The standard InChI is InChI=1S/C39H78O6S2/c1-3-5-7-9-11-13-15-17-19-21-23-42-35-39(36-43-24-22-20-18-16-14-12-10-8-6-4-2)37-44-29-33-46-31-27-40-25-26-41-28-32-47-34-30-45-38-39/h3-38H2,1-2H3. The van der Waals surface area contributed by atoms with Crippen LogP contribution in [0.1, 0.15) is 142 Å². The molecule has 0 amide bonds. The molecule has 0 atom stereocenters. The zero-order valence-electron chi connectivity index (χ0n) is 31.2. The second-order valence-corrected chi connectivity index (χ2v) is 16.0. The summed E-state index contributed by atoms with van der Waals surface area (Å²) >= 11 is 3.77. The van der Waals surface area contributed by atoms with Gasteiger partial charge in [0.25, 0.3) is 0 Å². The smallest absolute Gasteiger partial charge is 0.0700 e. The molecule has 0 N–H and O–H groups in total. The van der Waals surface area contributed by atoms with Gasteiger partial charge in [0.05, 0.1) is 71.5 Å². The number of ether oxygens (including phenoxy) is 6. The summed E-state index contributed by atoms with van der Waals surface area (Å²) in [6.07, 6.45) is 26.8. The Labute approximate surface area is 301 Å². The van der Waals surface area contributed by atoms with Gasteiger partial charge in [-0.25, -0.2) is 0 Å². The first-order valence-corrected chi connectivity index (χ1v) is 22.3. The minimum atomic E-state index is -0.276. The van der Waals surface area contributed by atoms with Gasteiger partial charge in [0.15, 0.2) is 0 Å². The van der Waals surface area contributed by atoms with Gasteiger partial charge in [0.1, 0.15) is 0 Å². The van der Waals surface area contributed by atoms with Crippen LogP contribution in [-0.4, -0.2) is 102 Å². The maximum atomic E-state index is 6.37. The van der Waals surface area contributed by atoms with Crippen LogP contribution in [0.15, 0.2) is 0 Å². The van der Waals surface area contributed by atoms with E-state index in [1.165, 1.54) is 116 Å². The molecule has 47 heavy (non-hydrogen) atoms. The van der Waals surface area contributed by atoms with Crippen molar-refractivity contribution in [2.24, 2.45) is 5.41 Å². The fourth-order valence-electron chi connectivity index (χ4n) is 5.79. The highest BCUT2D eigenvalue weighted by molar-refractivity contribution is 7.99. The van der Waals surface area contributed by atoms with Gasteiger partial charge in [-0.1, -0.05) is 129 Å². The third kappa shape index (κ3) is 32.1. The zero-order chi connectivity index (χ0) is 33.6. The second kappa shape index (κ2) is 37.7. The van der Waals surface area contributed by atoms with Gasteiger partial charge >= 0.3 is 0 Å². The summed E-state index contributed by atoms with van der Waals surface area (Å²) in [5, 5.41) is 0. The maximum absolute atomic E-state index is 6.37. The van der Waals surface area contributed by atoms with Crippen molar-refractivity contribution in [3.05, 3.63) is 0 Å². The van der Waals surface area contributed by atoms with E-state index in [1.807, 2.05) is 23.5 Å². The summed E-state index contributed by atoms with van der Waals surface area (Å²) < 4.78 is 36.8. The van der Waals surface area contributed by atoms with Crippen molar-refractivity contribution in [2.45, 2.75) is 142 Å². The van der Waals surface area contributed by atoms with Gasteiger partial charge in [-0.2, -0.15) is 23.5 Å². The normalized spacial score (nSPS) is 18.0. The van der Waals surface area contributed by atoms with Crippen LogP contribution in [0.3, 0.4) is 0 Å². The molecule has 1 heterocycles. The number of unbranched alkanes of at least 4 members (excludes halogenated alkanes) is 18. The van der Waals surface area contributed by atoms with E-state index in [2.05, 4.69) is 13.8 Å². The minimum Gasteiger partial charge on any atom is -0.381 e. The Hall–Kier alpha value is 0.460. The molecule has 8 heteroatoms. The number of hydrogen-bond donors (Lipinski definition) is 0. The first-order chi connectivity index (χ1) is 23.3. The van der Waals surface area contributed by atoms with Gasteiger partial charge in [0.2, 0.25) is 0 Å². The van der Waals surface area contributed by atoms with E-state index in [0.29, 0.717) is 39.6 Å². The van der Waals surface area contributed by atoms with Crippen LogP contribution in [0.25, 0.3) is 0 Å². The molecule has 0 radical (unpaired) electrons. The van der Waals surface area contributed by atoms with E-state index in [9.17, 15) is 0 Å². The largest absolute Gasteiger partial charge is 0.381 e. The Morgan fingerprint density at radius 1 is 0.404 bits per heavy atom. The lowest BCUT2D eigenvalue weighted by Gasteiger charge is -2.33. The molecule has 1 saturated heterocycles. The highest BCUT2D eigenvalue weighted by Crippen LogP contribution is 2.22. The minimum absolute atomic E-state index is 0.276.